The lowest BCUT2D eigenvalue weighted by Crippen LogP contribution is -2.23. The molecule has 1 rings (SSSR count). The molecule has 0 aromatic heterocycles. The summed E-state index contributed by atoms with van der Waals surface area (Å²) in [5.74, 6) is -0.251. The number of benzene rings is 1. The third-order valence-electron chi connectivity index (χ3n) is 1.97. The van der Waals surface area contributed by atoms with Gasteiger partial charge in [0.1, 0.15) is 5.70 Å². The van der Waals surface area contributed by atoms with E-state index in [4.69, 9.17) is 0 Å². The quantitative estimate of drug-likeness (QED) is 0.455. The number of rotatable bonds is 5. The Balaban J connectivity index is 2.56. The summed E-state index contributed by atoms with van der Waals surface area (Å²) in [5.41, 5.74) is 1.31. The molecule has 0 aliphatic heterocycles. The lowest BCUT2D eigenvalue weighted by atomic mass is 10.2. The molecule has 0 bridgehead atoms. The molecule has 0 radical (unpaired) electrons. The molecule has 16 heavy (non-hydrogen) atoms. The number of carbonyl (C=O) groups is 1. The van der Waals surface area contributed by atoms with Gasteiger partial charge in [0.15, 0.2) is 0 Å². The van der Waals surface area contributed by atoms with E-state index in [1.54, 1.807) is 0 Å². The lowest BCUT2D eigenvalue weighted by Gasteiger charge is -2.04. The van der Waals surface area contributed by atoms with Crippen LogP contribution in [0.5, 0.6) is 0 Å². The fourth-order valence-corrected chi connectivity index (χ4v) is 1.18. The van der Waals surface area contributed by atoms with Crippen LogP contribution in [0.4, 0.5) is 0 Å². The Labute approximate surface area is 95.2 Å². The maximum Gasteiger partial charge on any atom is 0.270 e. The molecular weight excluding hydrogens is 200 g/mol. The molecule has 0 aliphatic carbocycles. The van der Waals surface area contributed by atoms with Gasteiger partial charge >= 0.3 is 0 Å². The van der Waals surface area contributed by atoms with Gasteiger partial charge in [0.05, 0.1) is 0 Å². The van der Waals surface area contributed by atoms with Gasteiger partial charge in [0, 0.05) is 6.54 Å². The minimum atomic E-state index is -0.251. The first-order chi connectivity index (χ1) is 7.77. The van der Waals surface area contributed by atoms with Crippen molar-refractivity contribution in [3.63, 3.8) is 0 Å². The van der Waals surface area contributed by atoms with Crippen molar-refractivity contribution >= 4 is 12.6 Å². The van der Waals surface area contributed by atoms with Crippen molar-refractivity contribution in [2.24, 2.45) is 4.99 Å². The van der Waals surface area contributed by atoms with Gasteiger partial charge in [-0.1, -0.05) is 43.0 Å². The fraction of sp³-hybridized carbons (Fsp3) is 0.0769. The summed E-state index contributed by atoms with van der Waals surface area (Å²) in [7, 11) is 0. The number of aliphatic imine (C=N–C) groups is 1. The Morgan fingerprint density at radius 3 is 2.62 bits per heavy atom. The van der Waals surface area contributed by atoms with Gasteiger partial charge < -0.3 is 5.32 Å². The summed E-state index contributed by atoms with van der Waals surface area (Å²) in [6.45, 7) is 7.31. The molecule has 0 aliphatic rings. The normalized spacial score (nSPS) is 10.6. The van der Waals surface area contributed by atoms with E-state index >= 15 is 0 Å². The van der Waals surface area contributed by atoms with E-state index in [0.29, 0.717) is 6.54 Å². The predicted octanol–water partition coefficient (Wildman–Crippen LogP) is 2.07. The highest BCUT2D eigenvalue weighted by Crippen LogP contribution is 2.00. The van der Waals surface area contributed by atoms with E-state index in [0.717, 1.165) is 5.56 Å². The Bertz CT molecular complexity index is 407. The molecule has 0 saturated heterocycles. The molecule has 3 heteroatoms. The molecule has 1 aromatic carbocycles. The van der Waals surface area contributed by atoms with Crippen LogP contribution >= 0.6 is 0 Å². The van der Waals surface area contributed by atoms with Gasteiger partial charge in [-0.2, -0.15) is 0 Å². The van der Waals surface area contributed by atoms with Crippen LogP contribution < -0.4 is 5.32 Å². The number of carbonyl (C=O) groups excluding carboxylic acids is 1. The number of amides is 1. The topological polar surface area (TPSA) is 41.5 Å². The number of nitrogens with one attached hydrogen (secondary N) is 1. The average Bonchev–Trinajstić information content (AvgIpc) is 2.34. The van der Waals surface area contributed by atoms with E-state index in [9.17, 15) is 4.79 Å². The highest BCUT2D eigenvalue weighted by Gasteiger charge is 2.05. The second-order valence-electron chi connectivity index (χ2n) is 3.11. The van der Waals surface area contributed by atoms with Crippen molar-refractivity contribution in [3.05, 3.63) is 60.3 Å². The Morgan fingerprint density at radius 2 is 2.06 bits per heavy atom. The molecule has 1 N–H and O–H groups in total. The van der Waals surface area contributed by atoms with Crippen molar-refractivity contribution in [1.29, 1.82) is 0 Å². The summed E-state index contributed by atoms with van der Waals surface area (Å²) in [6.07, 6.45) is 3.03. The first-order valence-corrected chi connectivity index (χ1v) is 4.89. The zero-order valence-corrected chi connectivity index (χ0v) is 9.02. The molecular formula is C13H14N2O. The minimum absolute atomic E-state index is 0.251. The number of allylic oxidation sites excluding steroid dienone is 2. The van der Waals surface area contributed by atoms with Crippen molar-refractivity contribution < 1.29 is 4.79 Å². The van der Waals surface area contributed by atoms with Crippen LogP contribution in [0.2, 0.25) is 0 Å². The van der Waals surface area contributed by atoms with E-state index < -0.39 is 0 Å². The van der Waals surface area contributed by atoms with E-state index in [-0.39, 0.29) is 11.6 Å². The van der Waals surface area contributed by atoms with Crippen molar-refractivity contribution in [1.82, 2.24) is 5.32 Å². The number of nitrogens with zero attached hydrogens (tertiary/aromatic N) is 1. The Hall–Kier alpha value is -2.16. The zero-order chi connectivity index (χ0) is 11.8. The molecule has 0 atom stereocenters. The summed E-state index contributed by atoms with van der Waals surface area (Å²) in [4.78, 5) is 15.2. The Kier molecular flexibility index (Phi) is 4.73. The van der Waals surface area contributed by atoms with E-state index in [2.05, 4.69) is 23.6 Å². The highest BCUT2D eigenvalue weighted by atomic mass is 16.2. The summed E-state index contributed by atoms with van der Waals surface area (Å²) in [6, 6.07) is 9.66. The van der Waals surface area contributed by atoms with Crippen LogP contribution in [-0.2, 0) is 11.3 Å². The maximum atomic E-state index is 11.6. The van der Waals surface area contributed by atoms with Crippen LogP contribution in [0.15, 0.2) is 59.8 Å². The molecule has 0 spiro atoms. The molecule has 0 unspecified atom stereocenters. The van der Waals surface area contributed by atoms with Crippen LogP contribution in [0.1, 0.15) is 5.56 Å². The lowest BCUT2D eigenvalue weighted by molar-refractivity contribution is -0.117. The van der Waals surface area contributed by atoms with Gasteiger partial charge in [-0.3, -0.25) is 9.79 Å². The van der Waals surface area contributed by atoms with Gasteiger partial charge in [-0.15, -0.1) is 0 Å². The molecule has 82 valence electrons. The smallest absolute Gasteiger partial charge is 0.270 e. The molecule has 1 aromatic rings. The second-order valence-corrected chi connectivity index (χ2v) is 3.11. The van der Waals surface area contributed by atoms with Gasteiger partial charge in [-0.25, -0.2) is 0 Å². The third kappa shape index (κ3) is 3.53. The van der Waals surface area contributed by atoms with Crippen molar-refractivity contribution in [2.75, 3.05) is 0 Å². The van der Waals surface area contributed by atoms with E-state index in [1.165, 1.54) is 12.2 Å². The van der Waals surface area contributed by atoms with Crippen LogP contribution in [0.25, 0.3) is 0 Å². The van der Waals surface area contributed by atoms with Gasteiger partial charge in [-0.05, 0) is 18.4 Å². The molecule has 0 fully saturated rings. The first-order valence-electron chi connectivity index (χ1n) is 4.89. The van der Waals surface area contributed by atoms with Gasteiger partial charge in [0.2, 0.25) is 0 Å². The maximum absolute atomic E-state index is 11.6. The minimum Gasteiger partial charge on any atom is -0.347 e. The van der Waals surface area contributed by atoms with Crippen LogP contribution in [0.3, 0.4) is 0 Å². The Morgan fingerprint density at radius 1 is 1.38 bits per heavy atom. The summed E-state index contributed by atoms with van der Waals surface area (Å²) in [5, 5.41) is 2.75. The van der Waals surface area contributed by atoms with Crippen LogP contribution in [0, 0.1) is 0 Å². The zero-order valence-electron chi connectivity index (χ0n) is 9.02. The fourth-order valence-electron chi connectivity index (χ4n) is 1.18. The number of hydrogen-bond donors (Lipinski definition) is 1. The highest BCUT2D eigenvalue weighted by molar-refractivity contribution is 5.93. The standard InChI is InChI=1S/C13H14N2O/c1-3-7-12(14-2)13(16)15-10-11-8-5-4-6-9-11/h3-9H,1-2,10H2,(H,15,16)/b12-7-. The second kappa shape index (κ2) is 6.35. The summed E-state index contributed by atoms with van der Waals surface area (Å²) >= 11 is 0. The van der Waals surface area contributed by atoms with E-state index in [1.807, 2.05) is 30.3 Å². The summed E-state index contributed by atoms with van der Waals surface area (Å²) < 4.78 is 0. The number of hydrogen-bond acceptors (Lipinski definition) is 2. The SMILES string of the molecule is C=C/C=C(\N=C)C(=O)NCc1ccccc1. The third-order valence-corrected chi connectivity index (χ3v) is 1.97. The van der Waals surface area contributed by atoms with Crippen molar-refractivity contribution in [3.8, 4) is 0 Å². The molecule has 1 amide bonds. The van der Waals surface area contributed by atoms with Crippen LogP contribution in [-0.4, -0.2) is 12.6 Å². The van der Waals surface area contributed by atoms with Gasteiger partial charge in [0.25, 0.3) is 5.91 Å². The van der Waals surface area contributed by atoms with Crippen molar-refractivity contribution in [2.45, 2.75) is 6.54 Å². The average molecular weight is 214 g/mol. The first kappa shape index (κ1) is 11.9. The monoisotopic (exact) mass is 214 g/mol. The predicted molar refractivity (Wildman–Crippen MR) is 66.1 cm³/mol. The molecule has 3 nitrogen and oxygen atoms in total. The largest absolute Gasteiger partial charge is 0.347 e. The molecule has 0 saturated carbocycles. The molecule has 0 heterocycles.